The molecular weight excluding hydrogens is 312 g/mol. The van der Waals surface area contributed by atoms with Gasteiger partial charge >= 0.3 is 0 Å². The standard InChI is InChI=1S/C17H20N2O3S/c20-17(12-11-15-7-3-1-4-8-15)18-13-14-23(21,22)19-16-9-5-2-6-10-16/h1-10,19H,11-14H2,(H,18,20). The zero-order valence-electron chi connectivity index (χ0n) is 12.7. The smallest absolute Gasteiger partial charge is 0.234 e. The van der Waals surface area contributed by atoms with Gasteiger partial charge in [0, 0.05) is 18.7 Å². The van der Waals surface area contributed by atoms with Gasteiger partial charge in [0.1, 0.15) is 0 Å². The van der Waals surface area contributed by atoms with Crippen molar-refractivity contribution in [2.45, 2.75) is 12.8 Å². The Labute approximate surface area is 136 Å². The number of benzene rings is 2. The Bertz CT molecular complexity index is 716. The lowest BCUT2D eigenvalue weighted by Crippen LogP contribution is -2.31. The fourth-order valence-electron chi connectivity index (χ4n) is 2.05. The predicted octanol–water partition coefficient (Wildman–Crippen LogP) is 2.18. The average molecular weight is 332 g/mol. The molecule has 0 fully saturated rings. The summed E-state index contributed by atoms with van der Waals surface area (Å²) in [6, 6.07) is 18.4. The predicted molar refractivity (Wildman–Crippen MR) is 91.6 cm³/mol. The number of rotatable bonds is 8. The lowest BCUT2D eigenvalue weighted by atomic mass is 10.1. The van der Waals surface area contributed by atoms with E-state index >= 15 is 0 Å². The zero-order chi connectivity index (χ0) is 16.5. The van der Waals surface area contributed by atoms with Crippen molar-refractivity contribution < 1.29 is 13.2 Å². The van der Waals surface area contributed by atoms with E-state index in [-0.39, 0.29) is 18.2 Å². The van der Waals surface area contributed by atoms with E-state index in [9.17, 15) is 13.2 Å². The Morgan fingerprint density at radius 1 is 0.913 bits per heavy atom. The van der Waals surface area contributed by atoms with Crippen molar-refractivity contribution in [3.63, 3.8) is 0 Å². The third-order valence-corrected chi connectivity index (χ3v) is 4.51. The second-order valence-electron chi connectivity index (χ2n) is 5.12. The first kappa shape index (κ1) is 17.0. The minimum Gasteiger partial charge on any atom is -0.355 e. The van der Waals surface area contributed by atoms with Crippen molar-refractivity contribution in [1.29, 1.82) is 0 Å². The van der Waals surface area contributed by atoms with Crippen molar-refractivity contribution in [3.05, 3.63) is 66.2 Å². The molecule has 2 N–H and O–H groups in total. The number of aryl methyl sites for hydroxylation is 1. The summed E-state index contributed by atoms with van der Waals surface area (Å²) in [5.74, 6) is -0.303. The fraction of sp³-hybridized carbons (Fsp3) is 0.235. The normalized spacial score (nSPS) is 11.0. The summed E-state index contributed by atoms with van der Waals surface area (Å²) in [6.07, 6.45) is 0.984. The fourth-order valence-corrected chi connectivity index (χ4v) is 3.02. The van der Waals surface area contributed by atoms with Crippen molar-refractivity contribution in [2.24, 2.45) is 0 Å². The zero-order valence-corrected chi connectivity index (χ0v) is 13.6. The van der Waals surface area contributed by atoms with Crippen LogP contribution in [0.4, 0.5) is 5.69 Å². The Hall–Kier alpha value is -2.34. The van der Waals surface area contributed by atoms with Gasteiger partial charge in [-0.2, -0.15) is 0 Å². The minimum atomic E-state index is -3.46. The first-order valence-corrected chi connectivity index (χ1v) is 9.06. The summed E-state index contributed by atoms with van der Waals surface area (Å²) in [7, 11) is -3.46. The highest BCUT2D eigenvalue weighted by atomic mass is 32.2. The highest BCUT2D eigenvalue weighted by molar-refractivity contribution is 7.92. The van der Waals surface area contributed by atoms with E-state index in [4.69, 9.17) is 0 Å². The van der Waals surface area contributed by atoms with Gasteiger partial charge < -0.3 is 5.32 Å². The first-order valence-electron chi connectivity index (χ1n) is 7.41. The van der Waals surface area contributed by atoms with Gasteiger partial charge in [-0.3, -0.25) is 9.52 Å². The Morgan fingerprint density at radius 2 is 1.52 bits per heavy atom. The van der Waals surface area contributed by atoms with E-state index < -0.39 is 10.0 Å². The molecule has 5 nitrogen and oxygen atoms in total. The Morgan fingerprint density at radius 3 is 2.17 bits per heavy atom. The molecule has 0 spiro atoms. The molecule has 0 aliphatic heterocycles. The van der Waals surface area contributed by atoms with Gasteiger partial charge in [0.15, 0.2) is 0 Å². The molecule has 0 saturated heterocycles. The Balaban J connectivity index is 1.70. The molecule has 2 aromatic carbocycles. The number of anilines is 1. The molecule has 0 heterocycles. The highest BCUT2D eigenvalue weighted by Gasteiger charge is 2.11. The van der Waals surface area contributed by atoms with Crippen molar-refractivity contribution >= 4 is 21.6 Å². The lowest BCUT2D eigenvalue weighted by Gasteiger charge is -2.09. The van der Waals surface area contributed by atoms with E-state index in [2.05, 4.69) is 10.0 Å². The molecule has 0 atom stereocenters. The third kappa shape index (κ3) is 6.52. The largest absolute Gasteiger partial charge is 0.355 e. The van der Waals surface area contributed by atoms with Crippen LogP contribution >= 0.6 is 0 Å². The van der Waals surface area contributed by atoms with E-state index in [1.165, 1.54) is 0 Å². The minimum absolute atomic E-state index is 0.0930. The molecule has 0 radical (unpaired) electrons. The van der Waals surface area contributed by atoms with Crippen LogP contribution in [0.3, 0.4) is 0 Å². The van der Waals surface area contributed by atoms with Gasteiger partial charge in [-0.15, -0.1) is 0 Å². The number of carbonyl (C=O) groups excluding carboxylic acids is 1. The van der Waals surface area contributed by atoms with Gasteiger partial charge in [-0.25, -0.2) is 8.42 Å². The van der Waals surface area contributed by atoms with Gasteiger partial charge in [-0.1, -0.05) is 48.5 Å². The molecule has 2 rings (SSSR count). The van der Waals surface area contributed by atoms with Crippen molar-refractivity contribution in [2.75, 3.05) is 17.0 Å². The van der Waals surface area contributed by atoms with Crippen LogP contribution in [0.2, 0.25) is 0 Å². The van der Waals surface area contributed by atoms with Crippen LogP contribution in [0.15, 0.2) is 60.7 Å². The number of nitrogens with one attached hydrogen (secondary N) is 2. The second kappa shape index (κ2) is 8.33. The number of hydrogen-bond acceptors (Lipinski definition) is 3. The summed E-state index contributed by atoms with van der Waals surface area (Å²) in [4.78, 5) is 11.7. The van der Waals surface area contributed by atoms with E-state index in [1.807, 2.05) is 36.4 Å². The maximum atomic E-state index is 11.9. The van der Waals surface area contributed by atoms with Gasteiger partial charge in [0.25, 0.3) is 0 Å². The molecule has 0 unspecified atom stereocenters. The molecule has 0 aliphatic rings. The molecule has 122 valence electrons. The molecular formula is C17H20N2O3S. The third-order valence-electron chi connectivity index (χ3n) is 3.22. The molecule has 0 saturated carbocycles. The van der Waals surface area contributed by atoms with E-state index in [1.54, 1.807) is 24.3 Å². The van der Waals surface area contributed by atoms with Gasteiger partial charge in [0.2, 0.25) is 15.9 Å². The first-order chi connectivity index (χ1) is 11.1. The quantitative estimate of drug-likeness (QED) is 0.778. The highest BCUT2D eigenvalue weighted by Crippen LogP contribution is 2.07. The number of sulfonamides is 1. The van der Waals surface area contributed by atoms with Crippen molar-refractivity contribution in [3.8, 4) is 0 Å². The lowest BCUT2D eigenvalue weighted by molar-refractivity contribution is -0.120. The molecule has 0 aromatic heterocycles. The second-order valence-corrected chi connectivity index (χ2v) is 6.96. The summed E-state index contributed by atoms with van der Waals surface area (Å²) in [6.45, 7) is 0.0930. The van der Waals surface area contributed by atoms with Crippen LogP contribution in [-0.4, -0.2) is 26.6 Å². The van der Waals surface area contributed by atoms with Crippen molar-refractivity contribution in [1.82, 2.24) is 5.32 Å². The molecule has 6 heteroatoms. The number of amides is 1. The number of para-hydroxylation sites is 1. The van der Waals surface area contributed by atoms with Gasteiger partial charge in [0.05, 0.1) is 5.75 Å². The van der Waals surface area contributed by atoms with Crippen LogP contribution in [0.5, 0.6) is 0 Å². The monoisotopic (exact) mass is 332 g/mol. The Kier molecular flexibility index (Phi) is 6.17. The maximum absolute atomic E-state index is 11.9. The van der Waals surface area contributed by atoms with Crippen LogP contribution in [0, 0.1) is 0 Å². The maximum Gasteiger partial charge on any atom is 0.234 e. The molecule has 1 amide bonds. The SMILES string of the molecule is O=C(CCc1ccccc1)NCCS(=O)(=O)Nc1ccccc1. The number of carbonyl (C=O) groups is 1. The van der Waals surface area contributed by atoms with Crippen LogP contribution < -0.4 is 10.0 Å². The molecule has 2 aromatic rings. The molecule has 23 heavy (non-hydrogen) atoms. The van der Waals surface area contributed by atoms with Crippen LogP contribution in [-0.2, 0) is 21.2 Å². The molecule has 0 bridgehead atoms. The molecule has 0 aliphatic carbocycles. The van der Waals surface area contributed by atoms with E-state index in [0.717, 1.165) is 5.56 Å². The summed E-state index contributed by atoms with van der Waals surface area (Å²) in [5.41, 5.74) is 1.60. The summed E-state index contributed by atoms with van der Waals surface area (Å²) >= 11 is 0. The van der Waals surface area contributed by atoms with Crippen LogP contribution in [0.25, 0.3) is 0 Å². The number of hydrogen-bond donors (Lipinski definition) is 2. The van der Waals surface area contributed by atoms with E-state index in [0.29, 0.717) is 18.5 Å². The van der Waals surface area contributed by atoms with Gasteiger partial charge in [-0.05, 0) is 24.1 Å². The topological polar surface area (TPSA) is 75.3 Å². The average Bonchev–Trinajstić information content (AvgIpc) is 2.54. The summed E-state index contributed by atoms with van der Waals surface area (Å²) in [5, 5.41) is 2.64. The summed E-state index contributed by atoms with van der Waals surface area (Å²) < 4.78 is 26.3. The van der Waals surface area contributed by atoms with Crippen LogP contribution in [0.1, 0.15) is 12.0 Å².